The fourth-order valence-corrected chi connectivity index (χ4v) is 4.13. The quantitative estimate of drug-likeness (QED) is 0.499. The van der Waals surface area contributed by atoms with Gasteiger partial charge >= 0.3 is 0 Å². The average Bonchev–Trinajstić information content (AvgIpc) is 3.26. The van der Waals surface area contributed by atoms with E-state index in [9.17, 15) is 18.0 Å². The number of ketones is 1. The minimum Gasteiger partial charge on any atom is -0.467 e. The van der Waals surface area contributed by atoms with Crippen molar-refractivity contribution in [1.29, 1.82) is 0 Å². The highest BCUT2D eigenvalue weighted by atomic mass is 32.2. The van der Waals surface area contributed by atoms with Gasteiger partial charge in [0.1, 0.15) is 5.76 Å². The molecule has 0 N–H and O–H groups in total. The summed E-state index contributed by atoms with van der Waals surface area (Å²) in [5, 5.41) is 0. The Balaban J connectivity index is 1.82. The number of hydrogen-bond acceptors (Lipinski definition) is 5. The molecule has 1 aromatic heterocycles. The second kappa shape index (κ2) is 9.28. The first-order valence-corrected chi connectivity index (χ1v) is 11.1. The van der Waals surface area contributed by atoms with Crippen molar-refractivity contribution in [2.24, 2.45) is 0 Å². The molecule has 31 heavy (non-hydrogen) atoms. The van der Waals surface area contributed by atoms with Crippen molar-refractivity contribution in [1.82, 2.24) is 4.31 Å². The van der Waals surface area contributed by atoms with Crippen LogP contribution < -0.4 is 4.90 Å². The highest BCUT2D eigenvalue weighted by Gasteiger charge is 2.26. The molecular formula is C23H24N2O5S. The normalized spacial score (nSPS) is 11.5. The lowest BCUT2D eigenvalue weighted by Gasteiger charge is -2.25. The van der Waals surface area contributed by atoms with E-state index in [0.717, 1.165) is 9.87 Å². The molecule has 0 unspecified atom stereocenters. The summed E-state index contributed by atoms with van der Waals surface area (Å²) >= 11 is 0. The first-order valence-electron chi connectivity index (χ1n) is 9.65. The third kappa shape index (κ3) is 5.28. The SMILES string of the molecule is CC(=O)c1ccc(S(=O)(=O)N(C)CC(=O)N(Cc2ccco2)c2ccc(C)cc2)cc1. The Kier molecular flexibility index (Phi) is 6.72. The summed E-state index contributed by atoms with van der Waals surface area (Å²) in [7, 11) is -2.56. The fraction of sp³-hybridized carbons (Fsp3) is 0.217. The number of furan rings is 1. The number of carbonyl (C=O) groups excluding carboxylic acids is 2. The maximum Gasteiger partial charge on any atom is 0.243 e. The second-order valence-electron chi connectivity index (χ2n) is 7.24. The molecule has 2 aromatic carbocycles. The zero-order chi connectivity index (χ0) is 22.6. The van der Waals surface area contributed by atoms with Crippen molar-refractivity contribution in [2.75, 3.05) is 18.5 Å². The van der Waals surface area contributed by atoms with Crippen LogP contribution in [0.15, 0.2) is 76.2 Å². The summed E-state index contributed by atoms with van der Waals surface area (Å²) in [4.78, 5) is 26.1. The topological polar surface area (TPSA) is 87.9 Å². The highest BCUT2D eigenvalue weighted by Crippen LogP contribution is 2.21. The van der Waals surface area contributed by atoms with Gasteiger partial charge < -0.3 is 9.32 Å². The molecule has 7 nitrogen and oxygen atoms in total. The predicted octanol–water partition coefficient (Wildman–Crippen LogP) is 3.64. The zero-order valence-corrected chi connectivity index (χ0v) is 18.4. The lowest BCUT2D eigenvalue weighted by Crippen LogP contribution is -2.41. The van der Waals surface area contributed by atoms with Crippen molar-refractivity contribution in [2.45, 2.75) is 25.3 Å². The second-order valence-corrected chi connectivity index (χ2v) is 9.28. The van der Waals surface area contributed by atoms with E-state index in [0.29, 0.717) is 17.0 Å². The Hall–Kier alpha value is -3.23. The van der Waals surface area contributed by atoms with Gasteiger partial charge in [-0.15, -0.1) is 0 Å². The predicted molar refractivity (Wildman–Crippen MR) is 117 cm³/mol. The van der Waals surface area contributed by atoms with Crippen LogP contribution in [0.1, 0.15) is 28.6 Å². The molecule has 0 spiro atoms. The minimum atomic E-state index is -3.91. The van der Waals surface area contributed by atoms with Crippen LogP contribution in [-0.2, 0) is 21.4 Å². The number of hydrogen-bond donors (Lipinski definition) is 0. The molecule has 0 aliphatic heterocycles. The van der Waals surface area contributed by atoms with Crippen LogP contribution in [0.4, 0.5) is 5.69 Å². The lowest BCUT2D eigenvalue weighted by atomic mass is 10.2. The van der Waals surface area contributed by atoms with Crippen LogP contribution in [0.25, 0.3) is 0 Å². The summed E-state index contributed by atoms with van der Waals surface area (Å²) in [6.45, 7) is 3.18. The number of rotatable bonds is 8. The van der Waals surface area contributed by atoms with E-state index in [2.05, 4.69) is 0 Å². The molecule has 0 aliphatic carbocycles. The third-order valence-corrected chi connectivity index (χ3v) is 6.69. The number of aryl methyl sites for hydroxylation is 1. The molecule has 0 fully saturated rings. The standard InChI is InChI=1S/C23H24N2O5S/c1-17-6-10-20(11-7-17)25(15-21-5-4-14-30-21)23(27)16-24(3)31(28,29)22-12-8-19(9-13-22)18(2)26/h4-14H,15-16H2,1-3H3. The van der Waals surface area contributed by atoms with Gasteiger partial charge in [0, 0.05) is 18.3 Å². The van der Waals surface area contributed by atoms with E-state index in [-0.39, 0.29) is 23.8 Å². The maximum atomic E-state index is 13.1. The molecule has 0 radical (unpaired) electrons. The number of amides is 1. The van der Waals surface area contributed by atoms with E-state index in [1.165, 1.54) is 49.4 Å². The van der Waals surface area contributed by atoms with Gasteiger partial charge in [-0.05, 0) is 50.2 Å². The molecule has 0 saturated carbocycles. The van der Waals surface area contributed by atoms with Gasteiger partial charge in [0.25, 0.3) is 0 Å². The van der Waals surface area contributed by atoms with Crippen LogP contribution >= 0.6 is 0 Å². The number of benzene rings is 2. The van der Waals surface area contributed by atoms with Crippen molar-refractivity contribution in [3.63, 3.8) is 0 Å². The number of anilines is 1. The van der Waals surface area contributed by atoms with Crippen molar-refractivity contribution >= 4 is 27.4 Å². The Morgan fingerprint density at radius 2 is 1.61 bits per heavy atom. The third-order valence-electron chi connectivity index (χ3n) is 4.87. The summed E-state index contributed by atoms with van der Waals surface area (Å²) in [5.74, 6) is 0.0325. The number of sulfonamides is 1. The van der Waals surface area contributed by atoms with E-state index in [1.807, 2.05) is 31.2 Å². The van der Waals surface area contributed by atoms with Gasteiger partial charge in [-0.3, -0.25) is 9.59 Å². The summed E-state index contributed by atoms with van der Waals surface area (Å²) in [5.41, 5.74) is 2.10. The van der Waals surface area contributed by atoms with Gasteiger partial charge in [-0.1, -0.05) is 29.8 Å². The molecule has 0 aliphatic rings. The Morgan fingerprint density at radius 3 is 2.16 bits per heavy atom. The Morgan fingerprint density at radius 1 is 0.968 bits per heavy atom. The molecule has 0 bridgehead atoms. The smallest absolute Gasteiger partial charge is 0.243 e. The molecule has 0 atom stereocenters. The first-order chi connectivity index (χ1) is 14.7. The molecule has 3 aromatic rings. The van der Waals surface area contributed by atoms with E-state index < -0.39 is 15.9 Å². The van der Waals surface area contributed by atoms with E-state index in [4.69, 9.17) is 4.42 Å². The molecule has 1 amide bonds. The number of Topliss-reactive ketones (excluding diaryl/α,β-unsaturated/α-hetero) is 1. The highest BCUT2D eigenvalue weighted by molar-refractivity contribution is 7.89. The zero-order valence-electron chi connectivity index (χ0n) is 17.6. The Bertz CT molecular complexity index is 1150. The van der Waals surface area contributed by atoms with E-state index in [1.54, 1.807) is 12.1 Å². The monoisotopic (exact) mass is 440 g/mol. The molecule has 162 valence electrons. The van der Waals surface area contributed by atoms with Crippen molar-refractivity contribution < 1.29 is 22.4 Å². The molecule has 1 heterocycles. The van der Waals surface area contributed by atoms with Gasteiger partial charge in [0.15, 0.2) is 5.78 Å². The number of carbonyl (C=O) groups is 2. The maximum absolute atomic E-state index is 13.1. The first kappa shape index (κ1) is 22.5. The summed E-state index contributed by atoms with van der Waals surface area (Å²) < 4.78 is 32.2. The van der Waals surface area contributed by atoms with Crippen LogP contribution in [0, 0.1) is 6.92 Å². The van der Waals surface area contributed by atoms with Crippen LogP contribution in [-0.4, -0.2) is 38.0 Å². The van der Waals surface area contributed by atoms with Crippen LogP contribution in [0.3, 0.4) is 0 Å². The molecule has 0 saturated heterocycles. The van der Waals surface area contributed by atoms with E-state index >= 15 is 0 Å². The number of likely N-dealkylation sites (N-methyl/N-ethyl adjacent to an activating group) is 1. The van der Waals surface area contributed by atoms with Gasteiger partial charge in [-0.2, -0.15) is 4.31 Å². The largest absolute Gasteiger partial charge is 0.467 e. The summed E-state index contributed by atoms with van der Waals surface area (Å²) in [6.07, 6.45) is 1.52. The van der Waals surface area contributed by atoms with Gasteiger partial charge in [0.05, 0.1) is 24.2 Å². The summed E-state index contributed by atoms with van der Waals surface area (Å²) in [6, 6.07) is 16.5. The van der Waals surface area contributed by atoms with Gasteiger partial charge in [-0.25, -0.2) is 8.42 Å². The molecule has 3 rings (SSSR count). The lowest BCUT2D eigenvalue weighted by molar-refractivity contribution is -0.118. The molecule has 8 heteroatoms. The van der Waals surface area contributed by atoms with Gasteiger partial charge in [0.2, 0.25) is 15.9 Å². The Labute approximate surface area is 181 Å². The minimum absolute atomic E-state index is 0.0146. The number of nitrogens with zero attached hydrogens (tertiary/aromatic N) is 2. The fourth-order valence-electron chi connectivity index (χ4n) is 3.01. The average molecular weight is 441 g/mol. The van der Waals surface area contributed by atoms with Crippen molar-refractivity contribution in [3.8, 4) is 0 Å². The van der Waals surface area contributed by atoms with Crippen molar-refractivity contribution in [3.05, 3.63) is 83.8 Å². The van der Waals surface area contributed by atoms with Crippen LogP contribution in [0.2, 0.25) is 0 Å². The molecular weight excluding hydrogens is 416 g/mol. The van der Waals surface area contributed by atoms with Crippen LogP contribution in [0.5, 0.6) is 0 Å².